The van der Waals surface area contributed by atoms with Crippen LogP contribution < -0.4 is 10.6 Å². The number of carbonyl (C=O) groups is 5. The normalized spacial score (nSPS) is 19.2. The summed E-state index contributed by atoms with van der Waals surface area (Å²) in [5.74, 6) is -2.35. The molecule has 0 aromatic carbocycles. The molecule has 2 N–H and O–H groups in total. The lowest BCUT2D eigenvalue weighted by molar-refractivity contribution is -0.160. The van der Waals surface area contributed by atoms with Gasteiger partial charge in [-0.05, 0) is 47.1 Å². The van der Waals surface area contributed by atoms with Crippen molar-refractivity contribution in [3.05, 3.63) is 35.0 Å². The number of esters is 2. The van der Waals surface area contributed by atoms with Crippen LogP contribution in [0.2, 0.25) is 0 Å². The largest absolute Gasteiger partial charge is 0.457 e. The highest BCUT2D eigenvalue weighted by molar-refractivity contribution is 8.00. The Morgan fingerprint density at radius 1 is 1.20 bits per heavy atom. The van der Waals surface area contributed by atoms with Gasteiger partial charge in [0.1, 0.15) is 34.0 Å². The minimum atomic E-state index is -0.997. The lowest BCUT2D eigenvalue weighted by Crippen LogP contribution is -2.71. The molecule has 2 aliphatic heterocycles. The number of amides is 3. The number of nitrogens with zero attached hydrogens (tertiary/aromatic N) is 3. The van der Waals surface area contributed by atoms with Crippen molar-refractivity contribution in [2.24, 2.45) is 5.16 Å². The summed E-state index contributed by atoms with van der Waals surface area (Å²) < 4.78 is 10.7. The van der Waals surface area contributed by atoms with Crippen molar-refractivity contribution in [3.63, 3.8) is 0 Å². The number of β-lactam (4-membered cyclic amide) rings is 1. The first-order valence-electron chi connectivity index (χ1n) is 12.1. The van der Waals surface area contributed by atoms with E-state index in [-0.39, 0.29) is 22.2 Å². The van der Waals surface area contributed by atoms with E-state index in [0.29, 0.717) is 17.7 Å². The van der Waals surface area contributed by atoms with Crippen molar-refractivity contribution >= 4 is 64.1 Å². The fourth-order valence-corrected chi connectivity index (χ4v) is 5.54. The van der Waals surface area contributed by atoms with Crippen LogP contribution >= 0.6 is 23.1 Å². The van der Waals surface area contributed by atoms with E-state index in [4.69, 9.17) is 14.3 Å². The Labute approximate surface area is 239 Å². The Balaban J connectivity index is 1.80. The highest BCUT2D eigenvalue weighted by Crippen LogP contribution is 2.41. The number of nitrogens with one attached hydrogen (secondary N) is 2. The Kier molecular flexibility index (Phi) is 9.40. The van der Waals surface area contributed by atoms with Crippen LogP contribution in [-0.2, 0) is 38.3 Å². The van der Waals surface area contributed by atoms with Gasteiger partial charge in [-0.15, -0.1) is 23.1 Å². The van der Waals surface area contributed by atoms with Gasteiger partial charge in [-0.3, -0.25) is 19.3 Å². The maximum absolute atomic E-state index is 13.3. The quantitative estimate of drug-likeness (QED) is 0.135. The van der Waals surface area contributed by atoms with E-state index in [2.05, 4.69) is 27.4 Å². The molecule has 1 aromatic rings. The van der Waals surface area contributed by atoms with Crippen LogP contribution in [0.5, 0.6) is 0 Å². The number of anilines is 1. The summed E-state index contributed by atoms with van der Waals surface area (Å²) in [6, 6.07) is -0.997. The first kappa shape index (κ1) is 30.8. The van der Waals surface area contributed by atoms with Gasteiger partial charge in [-0.2, -0.15) is 0 Å². The summed E-state index contributed by atoms with van der Waals surface area (Å²) >= 11 is 2.37. The molecular weight excluding hydrogens is 562 g/mol. The fourth-order valence-electron chi connectivity index (χ4n) is 3.55. The number of thiazole rings is 1. The fraction of sp³-hybridized carbons (Fsp3) is 0.480. The van der Waals surface area contributed by atoms with Crippen LogP contribution in [0.15, 0.2) is 34.5 Å². The molecule has 1 saturated heterocycles. The third-order valence-corrected chi connectivity index (χ3v) is 7.10. The monoisotopic (exact) mass is 593 g/mol. The van der Waals surface area contributed by atoms with Gasteiger partial charge in [0.2, 0.25) is 13.0 Å². The minimum absolute atomic E-state index is 0.0410. The number of hydrogen-bond donors (Lipinski definition) is 2. The molecule has 2 aliphatic rings. The summed E-state index contributed by atoms with van der Waals surface area (Å²) in [6.45, 7) is 13.4. The summed E-state index contributed by atoms with van der Waals surface area (Å²) in [5, 5.41) is 9.83. The van der Waals surface area contributed by atoms with Crippen LogP contribution in [0.25, 0.3) is 0 Å². The first-order chi connectivity index (χ1) is 18.6. The molecule has 0 spiro atoms. The van der Waals surface area contributed by atoms with Gasteiger partial charge in [-0.1, -0.05) is 17.8 Å². The number of aromatic nitrogens is 1. The van der Waals surface area contributed by atoms with E-state index in [0.717, 1.165) is 11.3 Å². The van der Waals surface area contributed by atoms with Gasteiger partial charge in [0.15, 0.2) is 10.8 Å². The van der Waals surface area contributed by atoms with E-state index >= 15 is 0 Å². The number of fused-ring (bicyclic) bond motifs is 1. The van der Waals surface area contributed by atoms with E-state index in [1.165, 1.54) is 28.1 Å². The highest BCUT2D eigenvalue weighted by Gasteiger charge is 2.54. The number of allylic oxidation sites excluding steroid dienone is 1. The molecule has 1 aromatic heterocycles. The van der Waals surface area contributed by atoms with E-state index < -0.39 is 53.0 Å². The number of oxime groups is 1. The molecule has 3 rings (SSSR count). The smallest absolute Gasteiger partial charge is 0.355 e. The van der Waals surface area contributed by atoms with Crippen molar-refractivity contribution in [2.45, 2.75) is 64.2 Å². The number of ether oxygens (including phenoxy) is 2. The third-order valence-electron chi connectivity index (χ3n) is 5.03. The maximum atomic E-state index is 13.3. The number of carbonyl (C=O) groups excluding carboxylic acids is 5. The van der Waals surface area contributed by atoms with E-state index in [1.54, 1.807) is 41.5 Å². The van der Waals surface area contributed by atoms with E-state index in [1.807, 2.05) is 0 Å². The van der Waals surface area contributed by atoms with Gasteiger partial charge in [-0.25, -0.2) is 14.6 Å². The molecule has 40 heavy (non-hydrogen) atoms. The average molecular weight is 594 g/mol. The standard InChI is InChI=1S/C25H31N5O8S2/c1-8-13-10-39-21-17(20(34)30(21)18(13)22(35)38-25(5,6)7)28-19(33)16(14-11-40-23(27-14)26-12-31)29-36-9-15(32)37-24(2,3)4/h8,11-12,17,21H,1,9-10H2,2-7H3,(H,28,33)(H,26,27,31)/b29-16-/t17-,21-/m1/s1. The Morgan fingerprint density at radius 2 is 1.88 bits per heavy atom. The van der Waals surface area contributed by atoms with E-state index in [9.17, 15) is 24.0 Å². The predicted octanol–water partition coefficient (Wildman–Crippen LogP) is 1.96. The number of thioether (sulfide) groups is 1. The molecular formula is C25H31N5O8S2. The van der Waals surface area contributed by atoms with Crippen molar-refractivity contribution in [1.82, 2.24) is 15.2 Å². The summed E-state index contributed by atoms with van der Waals surface area (Å²) in [4.78, 5) is 72.7. The molecule has 0 saturated carbocycles. The van der Waals surface area contributed by atoms with Crippen LogP contribution in [0.1, 0.15) is 47.2 Å². The summed E-state index contributed by atoms with van der Waals surface area (Å²) in [5.41, 5.74) is -1.19. The molecule has 216 valence electrons. The lowest BCUT2D eigenvalue weighted by Gasteiger charge is -2.49. The average Bonchev–Trinajstić information content (AvgIpc) is 3.30. The van der Waals surface area contributed by atoms with Crippen LogP contribution in [0, 0.1) is 0 Å². The minimum Gasteiger partial charge on any atom is -0.457 e. The van der Waals surface area contributed by atoms with Crippen LogP contribution in [0.3, 0.4) is 0 Å². The SMILES string of the molecule is C=CC1=C(C(=O)OC(C)(C)C)N2C(=O)[C@@H](NC(=O)/C(=N\OCC(=O)OC(C)(C)C)c3csc(NC=O)n3)[C@H]2SC1. The Hall–Kier alpha value is -3.72. The molecule has 3 amide bonds. The van der Waals surface area contributed by atoms with Gasteiger partial charge >= 0.3 is 11.9 Å². The van der Waals surface area contributed by atoms with Crippen molar-refractivity contribution < 1.29 is 38.3 Å². The third kappa shape index (κ3) is 7.47. The molecule has 0 bridgehead atoms. The zero-order chi connectivity index (χ0) is 29.8. The Bertz CT molecular complexity index is 1270. The zero-order valence-corrected chi connectivity index (χ0v) is 24.6. The maximum Gasteiger partial charge on any atom is 0.355 e. The second-order valence-corrected chi connectivity index (χ2v) is 12.5. The molecule has 0 aliphatic carbocycles. The molecule has 15 heteroatoms. The molecule has 2 atom stereocenters. The molecule has 0 radical (unpaired) electrons. The van der Waals surface area contributed by atoms with Gasteiger partial charge in [0.05, 0.1) is 0 Å². The first-order valence-corrected chi connectivity index (χ1v) is 14.0. The van der Waals surface area contributed by atoms with Crippen LogP contribution in [-0.4, -0.2) is 80.7 Å². The molecule has 0 unspecified atom stereocenters. The van der Waals surface area contributed by atoms with Crippen molar-refractivity contribution in [2.75, 3.05) is 17.7 Å². The zero-order valence-electron chi connectivity index (χ0n) is 22.9. The second-order valence-electron chi connectivity index (χ2n) is 10.5. The molecule has 13 nitrogen and oxygen atoms in total. The highest BCUT2D eigenvalue weighted by atomic mass is 32.2. The number of hydrogen-bond acceptors (Lipinski definition) is 12. The van der Waals surface area contributed by atoms with Crippen molar-refractivity contribution in [3.8, 4) is 0 Å². The van der Waals surface area contributed by atoms with Gasteiger partial charge in [0, 0.05) is 11.1 Å². The van der Waals surface area contributed by atoms with Crippen LogP contribution in [0.4, 0.5) is 5.13 Å². The number of rotatable bonds is 10. The molecule has 3 heterocycles. The lowest BCUT2D eigenvalue weighted by atomic mass is 10.0. The Morgan fingerprint density at radius 3 is 2.48 bits per heavy atom. The summed E-state index contributed by atoms with van der Waals surface area (Å²) in [7, 11) is 0. The van der Waals surface area contributed by atoms with Gasteiger partial charge < -0.3 is 24.9 Å². The summed E-state index contributed by atoms with van der Waals surface area (Å²) in [6.07, 6.45) is 1.93. The molecule has 1 fully saturated rings. The van der Waals surface area contributed by atoms with Crippen molar-refractivity contribution in [1.29, 1.82) is 0 Å². The second kappa shape index (κ2) is 12.2. The predicted molar refractivity (Wildman–Crippen MR) is 148 cm³/mol. The van der Waals surface area contributed by atoms with Gasteiger partial charge in [0.25, 0.3) is 11.8 Å². The topological polar surface area (TPSA) is 166 Å².